The fourth-order valence-electron chi connectivity index (χ4n) is 1.27. The van der Waals surface area contributed by atoms with Crippen molar-refractivity contribution in [3.8, 4) is 0 Å². The molecule has 1 amide bonds. The summed E-state index contributed by atoms with van der Waals surface area (Å²) in [6.07, 6.45) is 1.59. The molecule has 1 aromatic rings. The molecule has 5 heteroatoms. The molecule has 1 rings (SSSR count). The zero-order valence-corrected chi connectivity index (χ0v) is 9.78. The summed E-state index contributed by atoms with van der Waals surface area (Å²) in [6, 6.07) is 5.46. The van der Waals surface area contributed by atoms with Crippen LogP contribution < -0.4 is 5.32 Å². The number of carbonyl (C=O) groups is 2. The number of hydrogen-bond donors (Lipinski definition) is 2. The summed E-state index contributed by atoms with van der Waals surface area (Å²) >= 11 is 5.83. The Morgan fingerprint density at radius 1 is 1.47 bits per heavy atom. The smallest absolute Gasteiger partial charge is 0.326 e. The van der Waals surface area contributed by atoms with E-state index in [1.54, 1.807) is 18.2 Å². The van der Waals surface area contributed by atoms with Crippen molar-refractivity contribution in [1.29, 1.82) is 0 Å². The number of benzene rings is 1. The largest absolute Gasteiger partial charge is 0.480 e. The van der Waals surface area contributed by atoms with E-state index in [0.717, 1.165) is 0 Å². The minimum atomic E-state index is -1.11. The number of halogens is 1. The Bertz CT molecular complexity index is 445. The first-order valence-corrected chi connectivity index (χ1v) is 5.33. The maximum atomic E-state index is 11.8. The van der Waals surface area contributed by atoms with Crippen LogP contribution in [0.5, 0.6) is 0 Å². The van der Waals surface area contributed by atoms with Crippen LogP contribution in [-0.2, 0) is 4.79 Å². The quantitative estimate of drug-likeness (QED) is 0.790. The Kier molecular flexibility index (Phi) is 4.72. The third-order valence-corrected chi connectivity index (χ3v) is 2.45. The lowest BCUT2D eigenvalue weighted by atomic mass is 10.1. The van der Waals surface area contributed by atoms with Crippen molar-refractivity contribution in [2.75, 3.05) is 0 Å². The maximum absolute atomic E-state index is 11.8. The molecule has 0 aliphatic rings. The van der Waals surface area contributed by atoms with Gasteiger partial charge in [-0.2, -0.15) is 0 Å². The second kappa shape index (κ2) is 6.06. The summed E-state index contributed by atoms with van der Waals surface area (Å²) in [4.78, 5) is 22.6. The Hall–Kier alpha value is -1.81. The lowest BCUT2D eigenvalue weighted by Crippen LogP contribution is -2.40. The standard InChI is InChI=1S/C12H12ClNO3/c1-2-5-10(12(16)17)14-11(15)8-6-3-4-7-9(8)13/h2-4,6-7,10H,1,5H2,(H,14,15)(H,16,17). The molecular weight excluding hydrogens is 242 g/mol. The van der Waals surface area contributed by atoms with E-state index in [1.807, 2.05) is 0 Å². The number of carboxylic acid groups (broad SMARTS) is 1. The zero-order chi connectivity index (χ0) is 12.8. The second-order valence-electron chi connectivity index (χ2n) is 3.37. The van der Waals surface area contributed by atoms with Crippen LogP contribution in [0.15, 0.2) is 36.9 Å². The van der Waals surface area contributed by atoms with E-state index in [2.05, 4.69) is 11.9 Å². The molecule has 1 aromatic carbocycles. The number of carbonyl (C=O) groups excluding carboxylic acids is 1. The Morgan fingerprint density at radius 3 is 2.65 bits per heavy atom. The van der Waals surface area contributed by atoms with Crippen molar-refractivity contribution in [3.05, 3.63) is 47.5 Å². The number of rotatable bonds is 5. The number of aliphatic carboxylic acids is 1. The van der Waals surface area contributed by atoms with Gasteiger partial charge in [0.1, 0.15) is 6.04 Å². The third-order valence-electron chi connectivity index (χ3n) is 2.12. The van der Waals surface area contributed by atoms with Gasteiger partial charge in [-0.05, 0) is 18.6 Å². The molecule has 0 saturated carbocycles. The topological polar surface area (TPSA) is 66.4 Å². The van der Waals surface area contributed by atoms with Crippen molar-refractivity contribution in [3.63, 3.8) is 0 Å². The molecule has 0 aliphatic carbocycles. The lowest BCUT2D eigenvalue weighted by Gasteiger charge is -2.13. The van der Waals surface area contributed by atoms with Crippen LogP contribution in [0.3, 0.4) is 0 Å². The van der Waals surface area contributed by atoms with Gasteiger partial charge in [0.2, 0.25) is 0 Å². The van der Waals surface area contributed by atoms with E-state index >= 15 is 0 Å². The third kappa shape index (κ3) is 3.60. The fourth-order valence-corrected chi connectivity index (χ4v) is 1.49. The number of hydrogen-bond acceptors (Lipinski definition) is 2. The normalized spacial score (nSPS) is 11.6. The molecule has 0 bridgehead atoms. The molecule has 0 aromatic heterocycles. The SMILES string of the molecule is C=CCC(NC(=O)c1ccccc1Cl)C(=O)O. The highest BCUT2D eigenvalue weighted by Gasteiger charge is 2.20. The monoisotopic (exact) mass is 253 g/mol. The molecule has 0 saturated heterocycles. The average Bonchev–Trinajstić information content (AvgIpc) is 2.28. The first kappa shape index (κ1) is 13.3. The molecule has 0 fully saturated rings. The Labute approximate surface area is 104 Å². The van der Waals surface area contributed by atoms with Crippen molar-refractivity contribution < 1.29 is 14.7 Å². The van der Waals surface area contributed by atoms with Crippen LogP contribution in [0.25, 0.3) is 0 Å². The molecule has 0 spiro atoms. The molecule has 0 heterocycles. The van der Waals surface area contributed by atoms with Crippen LogP contribution in [0, 0.1) is 0 Å². The van der Waals surface area contributed by atoms with E-state index < -0.39 is 17.9 Å². The van der Waals surface area contributed by atoms with Crippen molar-refractivity contribution >= 4 is 23.5 Å². The molecule has 0 radical (unpaired) electrons. The lowest BCUT2D eigenvalue weighted by molar-refractivity contribution is -0.139. The van der Waals surface area contributed by atoms with Gasteiger partial charge in [-0.1, -0.05) is 29.8 Å². The zero-order valence-electron chi connectivity index (χ0n) is 9.02. The summed E-state index contributed by atoms with van der Waals surface area (Å²) in [5.41, 5.74) is 0.254. The van der Waals surface area contributed by atoms with Crippen molar-refractivity contribution in [1.82, 2.24) is 5.32 Å². The van der Waals surface area contributed by atoms with Gasteiger partial charge in [0.05, 0.1) is 10.6 Å². The minimum Gasteiger partial charge on any atom is -0.480 e. The van der Waals surface area contributed by atoms with E-state index in [1.165, 1.54) is 12.1 Å². The van der Waals surface area contributed by atoms with Gasteiger partial charge in [-0.15, -0.1) is 6.58 Å². The van der Waals surface area contributed by atoms with Crippen LogP contribution in [0.4, 0.5) is 0 Å². The Balaban J connectivity index is 2.81. The van der Waals surface area contributed by atoms with Gasteiger partial charge >= 0.3 is 5.97 Å². The van der Waals surface area contributed by atoms with E-state index in [-0.39, 0.29) is 17.0 Å². The maximum Gasteiger partial charge on any atom is 0.326 e. The average molecular weight is 254 g/mol. The molecule has 90 valence electrons. The predicted octanol–water partition coefficient (Wildman–Crippen LogP) is 2.10. The summed E-state index contributed by atoms with van der Waals surface area (Å²) in [5, 5.41) is 11.5. The number of carboxylic acids is 1. The van der Waals surface area contributed by atoms with E-state index in [0.29, 0.717) is 0 Å². The van der Waals surface area contributed by atoms with Gasteiger partial charge in [0, 0.05) is 0 Å². The van der Waals surface area contributed by atoms with Gasteiger partial charge in [-0.25, -0.2) is 4.79 Å². The molecule has 17 heavy (non-hydrogen) atoms. The fraction of sp³-hybridized carbons (Fsp3) is 0.167. The van der Waals surface area contributed by atoms with Crippen LogP contribution >= 0.6 is 11.6 Å². The molecular formula is C12H12ClNO3. The summed E-state index contributed by atoms with van der Waals surface area (Å²) in [5.74, 6) is -1.62. The van der Waals surface area contributed by atoms with Gasteiger partial charge in [0.15, 0.2) is 0 Å². The number of amides is 1. The van der Waals surface area contributed by atoms with E-state index in [4.69, 9.17) is 16.7 Å². The predicted molar refractivity (Wildman–Crippen MR) is 65.2 cm³/mol. The number of nitrogens with one attached hydrogen (secondary N) is 1. The first-order chi connectivity index (χ1) is 8.06. The van der Waals surface area contributed by atoms with Crippen LogP contribution in [0.2, 0.25) is 5.02 Å². The first-order valence-electron chi connectivity index (χ1n) is 4.95. The summed E-state index contributed by atoms with van der Waals surface area (Å²) in [6.45, 7) is 3.44. The van der Waals surface area contributed by atoms with E-state index in [9.17, 15) is 9.59 Å². The highest BCUT2D eigenvalue weighted by atomic mass is 35.5. The van der Waals surface area contributed by atoms with Crippen LogP contribution in [0.1, 0.15) is 16.8 Å². The van der Waals surface area contributed by atoms with Gasteiger partial charge < -0.3 is 10.4 Å². The summed E-state index contributed by atoms with van der Waals surface area (Å²) < 4.78 is 0. The van der Waals surface area contributed by atoms with Crippen molar-refractivity contribution in [2.45, 2.75) is 12.5 Å². The molecule has 1 unspecified atom stereocenters. The van der Waals surface area contributed by atoms with Crippen molar-refractivity contribution in [2.24, 2.45) is 0 Å². The highest BCUT2D eigenvalue weighted by molar-refractivity contribution is 6.33. The Morgan fingerprint density at radius 2 is 2.12 bits per heavy atom. The minimum absolute atomic E-state index is 0.158. The summed E-state index contributed by atoms with van der Waals surface area (Å²) in [7, 11) is 0. The molecule has 0 aliphatic heterocycles. The molecule has 1 atom stereocenters. The highest BCUT2D eigenvalue weighted by Crippen LogP contribution is 2.14. The van der Waals surface area contributed by atoms with Crippen LogP contribution in [-0.4, -0.2) is 23.0 Å². The second-order valence-corrected chi connectivity index (χ2v) is 3.78. The molecule has 2 N–H and O–H groups in total. The van der Waals surface area contributed by atoms with Gasteiger partial charge in [-0.3, -0.25) is 4.79 Å². The molecule has 4 nitrogen and oxygen atoms in total. The van der Waals surface area contributed by atoms with Gasteiger partial charge in [0.25, 0.3) is 5.91 Å².